The number of hydrogen-bond donors (Lipinski definition) is 1. The first-order valence-corrected chi connectivity index (χ1v) is 6.99. The highest BCUT2D eigenvalue weighted by atomic mass is 31.2. The standard InChI is InChI=1S/C6H16O5P2/c1-4-9-12(7)11-13(8,6-3)10-5-2/h7H,4-6H2,1-3H3. The molecule has 13 heavy (non-hydrogen) atoms. The molecule has 0 aromatic heterocycles. The summed E-state index contributed by atoms with van der Waals surface area (Å²) in [5.74, 6) is 0. The summed E-state index contributed by atoms with van der Waals surface area (Å²) in [7, 11) is -5.21. The molecule has 0 spiro atoms. The van der Waals surface area contributed by atoms with Crippen molar-refractivity contribution in [2.75, 3.05) is 19.4 Å². The summed E-state index contributed by atoms with van der Waals surface area (Å²) < 4.78 is 26.0. The van der Waals surface area contributed by atoms with Crippen molar-refractivity contribution in [1.82, 2.24) is 0 Å². The van der Waals surface area contributed by atoms with Gasteiger partial charge in [-0.05, 0) is 13.8 Å². The van der Waals surface area contributed by atoms with Crippen molar-refractivity contribution in [3.05, 3.63) is 0 Å². The van der Waals surface area contributed by atoms with Crippen LogP contribution in [0.5, 0.6) is 0 Å². The molecule has 0 radical (unpaired) electrons. The molecule has 0 aliphatic heterocycles. The van der Waals surface area contributed by atoms with Gasteiger partial charge in [-0.15, -0.1) is 0 Å². The van der Waals surface area contributed by atoms with E-state index in [9.17, 15) is 4.57 Å². The Morgan fingerprint density at radius 1 is 1.31 bits per heavy atom. The topological polar surface area (TPSA) is 65.0 Å². The lowest BCUT2D eigenvalue weighted by molar-refractivity contribution is 0.236. The van der Waals surface area contributed by atoms with Crippen LogP contribution in [0, 0.1) is 0 Å². The van der Waals surface area contributed by atoms with Crippen LogP contribution >= 0.6 is 16.2 Å². The van der Waals surface area contributed by atoms with Gasteiger partial charge in [0.1, 0.15) is 0 Å². The zero-order valence-corrected chi connectivity index (χ0v) is 9.88. The van der Waals surface area contributed by atoms with Crippen LogP contribution in [0.3, 0.4) is 0 Å². The molecule has 0 rings (SSSR count). The van der Waals surface area contributed by atoms with Crippen molar-refractivity contribution in [3.63, 3.8) is 0 Å². The minimum absolute atomic E-state index is 0.229. The molecule has 0 fully saturated rings. The van der Waals surface area contributed by atoms with Crippen LogP contribution in [-0.2, 0) is 17.9 Å². The molecule has 0 saturated heterocycles. The van der Waals surface area contributed by atoms with Crippen molar-refractivity contribution >= 4 is 16.2 Å². The first kappa shape index (κ1) is 13.5. The molecule has 0 aliphatic carbocycles. The van der Waals surface area contributed by atoms with Crippen LogP contribution < -0.4 is 0 Å². The predicted molar refractivity (Wildman–Crippen MR) is 51.6 cm³/mol. The molecule has 2 atom stereocenters. The molecule has 7 heteroatoms. The quantitative estimate of drug-likeness (QED) is 0.680. The summed E-state index contributed by atoms with van der Waals surface area (Å²) in [4.78, 5) is 9.11. The SMILES string of the molecule is CCOP(O)OP(=O)(CC)OCC. The van der Waals surface area contributed by atoms with Gasteiger partial charge in [-0.25, -0.2) is 4.31 Å². The van der Waals surface area contributed by atoms with Gasteiger partial charge in [0.2, 0.25) is 0 Å². The van der Waals surface area contributed by atoms with E-state index in [1.807, 2.05) is 0 Å². The average Bonchev–Trinajstić information content (AvgIpc) is 2.05. The Hall–Kier alpha value is 0.500. The van der Waals surface area contributed by atoms with Crippen LogP contribution in [0.4, 0.5) is 0 Å². The van der Waals surface area contributed by atoms with Gasteiger partial charge >= 0.3 is 16.2 Å². The fourth-order valence-electron chi connectivity index (χ4n) is 0.610. The predicted octanol–water partition coefficient (Wildman–Crippen LogP) is 2.51. The smallest absolute Gasteiger partial charge is 0.328 e. The monoisotopic (exact) mass is 230 g/mol. The van der Waals surface area contributed by atoms with E-state index in [0.717, 1.165) is 0 Å². The van der Waals surface area contributed by atoms with Gasteiger partial charge in [-0.1, -0.05) is 6.92 Å². The molecule has 2 unspecified atom stereocenters. The normalized spacial score (nSPS) is 18.2. The largest absolute Gasteiger partial charge is 0.337 e. The van der Waals surface area contributed by atoms with E-state index in [1.165, 1.54) is 0 Å². The summed E-state index contributed by atoms with van der Waals surface area (Å²) in [6.45, 7) is 5.71. The number of hydrogen-bond acceptors (Lipinski definition) is 5. The van der Waals surface area contributed by atoms with E-state index < -0.39 is 16.2 Å². The molecule has 0 heterocycles. The zero-order valence-electron chi connectivity index (χ0n) is 8.10. The lowest BCUT2D eigenvalue weighted by atomic mass is 10.9. The van der Waals surface area contributed by atoms with Gasteiger partial charge in [0, 0.05) is 6.16 Å². The highest BCUT2D eigenvalue weighted by Crippen LogP contribution is 2.58. The zero-order chi connectivity index (χ0) is 10.3. The van der Waals surface area contributed by atoms with E-state index in [0.29, 0.717) is 13.2 Å². The molecular formula is C6H16O5P2. The molecule has 0 aromatic carbocycles. The molecule has 0 amide bonds. The molecule has 1 N–H and O–H groups in total. The Labute approximate surface area is 79.9 Å². The summed E-state index contributed by atoms with van der Waals surface area (Å²) in [5.41, 5.74) is 0. The third kappa shape index (κ3) is 5.74. The maximum atomic E-state index is 11.6. The lowest BCUT2D eigenvalue weighted by Crippen LogP contribution is -1.96. The van der Waals surface area contributed by atoms with Gasteiger partial charge < -0.3 is 13.9 Å². The number of rotatable bonds is 7. The second kappa shape index (κ2) is 6.88. The fourth-order valence-corrected chi connectivity index (χ4v) is 3.10. The molecule has 0 bridgehead atoms. The summed E-state index contributed by atoms with van der Waals surface area (Å²) in [5, 5.41) is 0. The Balaban J connectivity index is 4.02. The Morgan fingerprint density at radius 3 is 2.31 bits per heavy atom. The lowest BCUT2D eigenvalue weighted by Gasteiger charge is -2.17. The van der Waals surface area contributed by atoms with Crippen LogP contribution in [0.2, 0.25) is 0 Å². The first-order valence-electron chi connectivity index (χ1n) is 4.13. The van der Waals surface area contributed by atoms with E-state index in [2.05, 4.69) is 0 Å². The molecule has 5 nitrogen and oxygen atoms in total. The van der Waals surface area contributed by atoms with Crippen LogP contribution in [-0.4, -0.2) is 24.3 Å². The van der Waals surface area contributed by atoms with Crippen molar-refractivity contribution in [3.8, 4) is 0 Å². The van der Waals surface area contributed by atoms with Crippen LogP contribution in [0.15, 0.2) is 0 Å². The Morgan fingerprint density at radius 2 is 1.92 bits per heavy atom. The molecule has 80 valence electrons. The fraction of sp³-hybridized carbons (Fsp3) is 1.00. The second-order valence-corrected chi connectivity index (χ2v) is 5.58. The van der Waals surface area contributed by atoms with Crippen molar-refractivity contribution < 1.29 is 22.8 Å². The van der Waals surface area contributed by atoms with Crippen LogP contribution in [0.25, 0.3) is 0 Å². The molecule has 0 aliphatic rings. The van der Waals surface area contributed by atoms with Crippen molar-refractivity contribution in [2.24, 2.45) is 0 Å². The summed E-state index contributed by atoms with van der Waals surface area (Å²) in [6, 6.07) is 0. The van der Waals surface area contributed by atoms with E-state index in [4.69, 9.17) is 18.3 Å². The Bertz CT molecular complexity index is 174. The van der Waals surface area contributed by atoms with Crippen molar-refractivity contribution in [1.29, 1.82) is 0 Å². The van der Waals surface area contributed by atoms with Gasteiger partial charge in [0.05, 0.1) is 13.2 Å². The molecule has 0 saturated carbocycles. The second-order valence-electron chi connectivity index (χ2n) is 2.08. The van der Waals surface area contributed by atoms with Crippen LogP contribution in [0.1, 0.15) is 20.8 Å². The van der Waals surface area contributed by atoms with Gasteiger partial charge in [-0.2, -0.15) is 0 Å². The maximum absolute atomic E-state index is 11.6. The summed E-state index contributed by atoms with van der Waals surface area (Å²) >= 11 is 0. The van der Waals surface area contributed by atoms with E-state index in [-0.39, 0.29) is 6.16 Å². The average molecular weight is 230 g/mol. The van der Waals surface area contributed by atoms with Crippen molar-refractivity contribution in [2.45, 2.75) is 20.8 Å². The van der Waals surface area contributed by atoms with Gasteiger partial charge in [0.25, 0.3) is 0 Å². The first-order chi connectivity index (χ1) is 6.08. The maximum Gasteiger partial charge on any atom is 0.337 e. The third-order valence-electron chi connectivity index (χ3n) is 1.15. The van der Waals surface area contributed by atoms with E-state index >= 15 is 0 Å². The molecular weight excluding hydrogens is 214 g/mol. The minimum atomic E-state index is -3.13. The highest BCUT2D eigenvalue weighted by molar-refractivity contribution is 7.62. The van der Waals surface area contributed by atoms with Gasteiger partial charge in [-0.3, -0.25) is 4.57 Å². The van der Waals surface area contributed by atoms with Gasteiger partial charge in [0.15, 0.2) is 0 Å². The summed E-state index contributed by atoms with van der Waals surface area (Å²) in [6.07, 6.45) is 0.229. The Kier molecular flexibility index (Phi) is 7.15. The third-order valence-corrected chi connectivity index (χ3v) is 4.61. The highest BCUT2D eigenvalue weighted by Gasteiger charge is 2.26. The minimum Gasteiger partial charge on any atom is -0.328 e. The van der Waals surface area contributed by atoms with E-state index in [1.54, 1.807) is 20.8 Å². The molecule has 0 aromatic rings.